The number of hydrogen-bond donors (Lipinski definition) is 0. The SMILES string of the molecule is CC1(C)OC[C@@H](CN=C=NC[C@H]2COC(C)(C)O2)O1. The molecule has 2 saturated heterocycles. The fraction of sp³-hybridized carbons (Fsp3) is 0.923. The van der Waals surface area contributed by atoms with E-state index in [1.807, 2.05) is 27.7 Å². The lowest BCUT2D eigenvalue weighted by molar-refractivity contribution is -0.137. The summed E-state index contributed by atoms with van der Waals surface area (Å²) in [4.78, 5) is 8.20. The summed E-state index contributed by atoms with van der Waals surface area (Å²) in [6, 6.07) is 2.67. The molecule has 0 saturated carbocycles. The van der Waals surface area contributed by atoms with Gasteiger partial charge in [-0.15, -0.1) is 0 Å². The largest absolute Gasteiger partial charge is 0.348 e. The maximum atomic E-state index is 5.61. The van der Waals surface area contributed by atoms with Crippen LogP contribution >= 0.6 is 0 Å². The molecule has 2 fully saturated rings. The van der Waals surface area contributed by atoms with Crippen molar-refractivity contribution in [2.75, 3.05) is 26.3 Å². The quantitative estimate of drug-likeness (QED) is 0.726. The number of ether oxygens (including phenoxy) is 4. The molecule has 2 heterocycles. The molecule has 0 radical (unpaired) electrons. The van der Waals surface area contributed by atoms with Crippen molar-refractivity contribution in [3.63, 3.8) is 0 Å². The van der Waals surface area contributed by atoms with Gasteiger partial charge >= 0.3 is 0 Å². The second-order valence-electron chi connectivity index (χ2n) is 5.68. The lowest BCUT2D eigenvalue weighted by Crippen LogP contribution is -2.22. The van der Waals surface area contributed by atoms with Gasteiger partial charge in [-0.1, -0.05) is 0 Å². The first-order chi connectivity index (χ1) is 8.86. The molecule has 6 nitrogen and oxygen atoms in total. The van der Waals surface area contributed by atoms with E-state index in [0.29, 0.717) is 26.3 Å². The van der Waals surface area contributed by atoms with Crippen LogP contribution in [0, 0.1) is 0 Å². The van der Waals surface area contributed by atoms with Gasteiger partial charge in [0.2, 0.25) is 0 Å². The van der Waals surface area contributed by atoms with Crippen molar-refractivity contribution in [2.45, 2.75) is 51.5 Å². The molecule has 0 amide bonds. The van der Waals surface area contributed by atoms with E-state index in [9.17, 15) is 0 Å². The predicted octanol–water partition coefficient (Wildman–Crippen LogP) is 1.46. The second kappa shape index (κ2) is 5.69. The molecular weight excluding hydrogens is 248 g/mol. The molecule has 0 spiro atoms. The number of hydrogen-bond acceptors (Lipinski definition) is 6. The smallest absolute Gasteiger partial charge is 0.163 e. The van der Waals surface area contributed by atoms with Crippen LogP contribution < -0.4 is 0 Å². The first-order valence-corrected chi connectivity index (χ1v) is 6.58. The zero-order valence-corrected chi connectivity index (χ0v) is 12.0. The lowest BCUT2D eigenvalue weighted by Gasteiger charge is -2.16. The van der Waals surface area contributed by atoms with Crippen LogP contribution in [0.15, 0.2) is 9.98 Å². The van der Waals surface area contributed by atoms with E-state index in [-0.39, 0.29) is 12.2 Å². The van der Waals surface area contributed by atoms with E-state index in [1.165, 1.54) is 0 Å². The molecule has 108 valence electrons. The van der Waals surface area contributed by atoms with Gasteiger partial charge in [0.25, 0.3) is 0 Å². The third-order valence-electron chi connectivity index (χ3n) is 2.87. The highest BCUT2D eigenvalue weighted by molar-refractivity contribution is 5.41. The van der Waals surface area contributed by atoms with Crippen LogP contribution in [0.4, 0.5) is 0 Å². The average Bonchev–Trinajstić information content (AvgIpc) is 2.81. The Morgan fingerprint density at radius 2 is 1.32 bits per heavy atom. The molecule has 0 aromatic heterocycles. The van der Waals surface area contributed by atoms with Gasteiger partial charge in [-0.3, -0.25) is 0 Å². The minimum Gasteiger partial charge on any atom is -0.348 e. The van der Waals surface area contributed by atoms with E-state index in [4.69, 9.17) is 18.9 Å². The monoisotopic (exact) mass is 270 g/mol. The molecular formula is C13H22N2O4. The Morgan fingerprint density at radius 1 is 0.895 bits per heavy atom. The fourth-order valence-electron chi connectivity index (χ4n) is 2.04. The van der Waals surface area contributed by atoms with E-state index in [0.717, 1.165) is 0 Å². The van der Waals surface area contributed by atoms with Gasteiger partial charge in [-0.2, -0.15) is 0 Å². The Balaban J connectivity index is 1.67. The Hall–Kier alpha value is -0.780. The van der Waals surface area contributed by atoms with E-state index < -0.39 is 11.6 Å². The fourth-order valence-corrected chi connectivity index (χ4v) is 2.04. The van der Waals surface area contributed by atoms with Crippen LogP contribution in [0.1, 0.15) is 27.7 Å². The summed E-state index contributed by atoms with van der Waals surface area (Å²) < 4.78 is 22.1. The van der Waals surface area contributed by atoms with E-state index in [1.54, 1.807) is 0 Å². The summed E-state index contributed by atoms with van der Waals surface area (Å²) in [6.07, 6.45) is -0.0228. The van der Waals surface area contributed by atoms with Gasteiger partial charge in [0.05, 0.1) is 32.3 Å². The first-order valence-electron chi connectivity index (χ1n) is 6.58. The molecule has 2 atom stereocenters. The minimum absolute atomic E-state index is 0.0114. The molecule has 0 N–H and O–H groups in total. The molecule has 19 heavy (non-hydrogen) atoms. The molecule has 0 aliphatic carbocycles. The van der Waals surface area contributed by atoms with Crippen molar-refractivity contribution in [2.24, 2.45) is 9.98 Å². The maximum absolute atomic E-state index is 5.61. The second-order valence-corrected chi connectivity index (χ2v) is 5.68. The minimum atomic E-state index is -0.502. The molecule has 0 aromatic carbocycles. The van der Waals surface area contributed by atoms with Gasteiger partial charge in [0.15, 0.2) is 11.6 Å². The zero-order valence-electron chi connectivity index (χ0n) is 12.0. The van der Waals surface area contributed by atoms with Crippen LogP contribution in [0.5, 0.6) is 0 Å². The molecule has 2 rings (SSSR count). The van der Waals surface area contributed by atoms with Gasteiger partial charge in [0, 0.05) is 0 Å². The average molecular weight is 270 g/mol. The summed E-state index contributed by atoms with van der Waals surface area (Å²) in [5.74, 6) is -1.00. The summed E-state index contributed by atoms with van der Waals surface area (Å²) in [5.41, 5.74) is 0. The van der Waals surface area contributed by atoms with Crippen LogP contribution in [-0.2, 0) is 18.9 Å². The predicted molar refractivity (Wildman–Crippen MR) is 69.4 cm³/mol. The molecule has 0 unspecified atom stereocenters. The summed E-state index contributed by atoms with van der Waals surface area (Å²) in [6.45, 7) is 9.72. The third-order valence-corrected chi connectivity index (χ3v) is 2.87. The summed E-state index contributed by atoms with van der Waals surface area (Å²) in [5, 5.41) is 0. The van der Waals surface area contributed by atoms with Crippen molar-refractivity contribution in [3.8, 4) is 0 Å². The summed E-state index contributed by atoms with van der Waals surface area (Å²) >= 11 is 0. The lowest BCUT2D eigenvalue weighted by atomic mass is 10.4. The van der Waals surface area contributed by atoms with Crippen LogP contribution in [0.3, 0.4) is 0 Å². The van der Waals surface area contributed by atoms with Crippen molar-refractivity contribution >= 4 is 6.01 Å². The standard InChI is InChI=1S/C13H22N2O4/c1-12(2)16-7-10(18-12)5-14-9-15-6-11-8-17-13(3,4)19-11/h10-11H,5-8H2,1-4H3/t10-,11+. The zero-order chi connectivity index (χ0) is 13.9. The topological polar surface area (TPSA) is 61.6 Å². The van der Waals surface area contributed by atoms with Crippen molar-refractivity contribution in [1.29, 1.82) is 0 Å². The highest BCUT2D eigenvalue weighted by atomic mass is 16.7. The molecule has 2 aliphatic rings. The summed E-state index contributed by atoms with van der Waals surface area (Å²) in [7, 11) is 0. The number of nitrogens with zero attached hydrogens (tertiary/aromatic N) is 2. The van der Waals surface area contributed by atoms with Crippen molar-refractivity contribution in [1.82, 2.24) is 0 Å². The highest BCUT2D eigenvalue weighted by Gasteiger charge is 2.33. The highest BCUT2D eigenvalue weighted by Crippen LogP contribution is 2.22. The Bertz CT molecular complexity index is 343. The molecule has 0 aromatic rings. The first kappa shape index (κ1) is 14.6. The molecule has 0 bridgehead atoms. The van der Waals surface area contributed by atoms with E-state index >= 15 is 0 Å². The van der Waals surface area contributed by atoms with Crippen molar-refractivity contribution < 1.29 is 18.9 Å². The van der Waals surface area contributed by atoms with Crippen LogP contribution in [-0.4, -0.2) is 56.1 Å². The van der Waals surface area contributed by atoms with Gasteiger partial charge in [-0.05, 0) is 27.7 Å². The third kappa shape index (κ3) is 4.67. The molecule has 2 aliphatic heterocycles. The Morgan fingerprint density at radius 3 is 1.63 bits per heavy atom. The van der Waals surface area contributed by atoms with Gasteiger partial charge in [0.1, 0.15) is 12.2 Å². The van der Waals surface area contributed by atoms with Gasteiger partial charge < -0.3 is 18.9 Å². The van der Waals surface area contributed by atoms with Crippen LogP contribution in [0.2, 0.25) is 0 Å². The maximum Gasteiger partial charge on any atom is 0.163 e. The van der Waals surface area contributed by atoms with Crippen molar-refractivity contribution in [3.05, 3.63) is 0 Å². The van der Waals surface area contributed by atoms with E-state index in [2.05, 4.69) is 16.0 Å². The number of rotatable bonds is 4. The Kier molecular flexibility index (Phi) is 4.38. The van der Waals surface area contributed by atoms with Crippen LogP contribution in [0.25, 0.3) is 0 Å². The Labute approximate surface area is 113 Å². The number of aliphatic imine (C=N–C) groups is 2. The normalized spacial score (nSPS) is 32.0. The van der Waals surface area contributed by atoms with Gasteiger partial charge in [-0.25, -0.2) is 9.98 Å². The molecule has 6 heteroatoms.